The predicted octanol–water partition coefficient (Wildman–Crippen LogP) is 5.49. The standard InChI is InChI=1S/C26H30Cl2N4O2S2/c1-25(2)12-16(30-24(36)32-22(34)18-9-5-7-11-20(18)28)13-26(3,14-25)15-29-23(35)31-21(33)17-8-4-6-10-19(17)27/h4-11,16H,12-15H2,1-3H3,(H2,29,31,33,35)(H2,30,32,34,36). The van der Waals surface area contributed by atoms with Crippen LogP contribution >= 0.6 is 47.6 Å². The van der Waals surface area contributed by atoms with E-state index in [-0.39, 0.29) is 38.9 Å². The molecule has 1 fully saturated rings. The molecule has 2 aromatic carbocycles. The van der Waals surface area contributed by atoms with Gasteiger partial charge in [0.2, 0.25) is 0 Å². The highest BCUT2D eigenvalue weighted by molar-refractivity contribution is 7.80. The summed E-state index contributed by atoms with van der Waals surface area (Å²) in [6.45, 7) is 7.17. The van der Waals surface area contributed by atoms with Gasteiger partial charge in [0.1, 0.15) is 0 Å². The van der Waals surface area contributed by atoms with Crippen molar-refractivity contribution in [2.75, 3.05) is 6.54 Å². The van der Waals surface area contributed by atoms with Gasteiger partial charge in [-0.05, 0) is 78.8 Å². The fourth-order valence-electron chi connectivity index (χ4n) is 5.06. The summed E-state index contributed by atoms with van der Waals surface area (Å²) in [4.78, 5) is 25.1. The van der Waals surface area contributed by atoms with Gasteiger partial charge in [0.25, 0.3) is 11.8 Å². The Morgan fingerprint density at radius 2 is 1.36 bits per heavy atom. The topological polar surface area (TPSA) is 82.3 Å². The Morgan fingerprint density at radius 1 is 0.861 bits per heavy atom. The molecule has 36 heavy (non-hydrogen) atoms. The Balaban J connectivity index is 1.57. The quantitative estimate of drug-likeness (QED) is 0.359. The second-order valence-electron chi connectivity index (χ2n) is 10.3. The van der Waals surface area contributed by atoms with Crippen LogP contribution in [0.3, 0.4) is 0 Å². The summed E-state index contributed by atoms with van der Waals surface area (Å²) in [5.41, 5.74) is 0.622. The molecule has 0 saturated heterocycles. The van der Waals surface area contributed by atoms with Crippen LogP contribution in [0.4, 0.5) is 0 Å². The molecule has 10 heteroatoms. The van der Waals surface area contributed by atoms with Crippen molar-refractivity contribution in [2.24, 2.45) is 10.8 Å². The normalized spacial score (nSPS) is 20.6. The summed E-state index contributed by atoms with van der Waals surface area (Å²) >= 11 is 23.0. The number of nitrogens with one attached hydrogen (secondary N) is 4. The van der Waals surface area contributed by atoms with Crippen LogP contribution in [0.15, 0.2) is 48.5 Å². The van der Waals surface area contributed by atoms with Gasteiger partial charge in [0.05, 0.1) is 21.2 Å². The Kier molecular flexibility index (Phi) is 9.33. The number of rotatable bonds is 5. The van der Waals surface area contributed by atoms with Crippen LogP contribution in [0.5, 0.6) is 0 Å². The average Bonchev–Trinajstić information content (AvgIpc) is 2.76. The fourth-order valence-corrected chi connectivity index (χ4v) is 5.93. The van der Waals surface area contributed by atoms with Crippen molar-refractivity contribution in [1.82, 2.24) is 21.3 Å². The smallest absolute Gasteiger partial charge is 0.258 e. The lowest BCUT2D eigenvalue weighted by atomic mass is 9.62. The highest BCUT2D eigenvalue weighted by Gasteiger charge is 2.41. The maximum atomic E-state index is 12.6. The first-order valence-corrected chi connectivity index (χ1v) is 13.1. The van der Waals surface area contributed by atoms with Gasteiger partial charge < -0.3 is 10.6 Å². The number of hydrogen-bond donors (Lipinski definition) is 4. The lowest BCUT2D eigenvalue weighted by molar-refractivity contribution is 0.0797. The maximum absolute atomic E-state index is 12.6. The molecule has 0 spiro atoms. The zero-order valence-electron chi connectivity index (χ0n) is 20.4. The predicted molar refractivity (Wildman–Crippen MR) is 154 cm³/mol. The number of halogens is 2. The van der Waals surface area contributed by atoms with E-state index in [0.29, 0.717) is 27.7 Å². The molecule has 2 aromatic rings. The lowest BCUT2D eigenvalue weighted by Gasteiger charge is -2.47. The van der Waals surface area contributed by atoms with Gasteiger partial charge >= 0.3 is 0 Å². The van der Waals surface area contributed by atoms with E-state index in [2.05, 4.69) is 42.0 Å². The van der Waals surface area contributed by atoms with Crippen LogP contribution in [0.1, 0.15) is 60.7 Å². The molecule has 1 aliphatic rings. The highest BCUT2D eigenvalue weighted by atomic mass is 35.5. The number of benzene rings is 2. The van der Waals surface area contributed by atoms with Gasteiger partial charge in [-0.1, -0.05) is 68.2 Å². The Hall–Kier alpha value is -2.26. The summed E-state index contributed by atoms with van der Waals surface area (Å²) < 4.78 is 0. The Labute approximate surface area is 232 Å². The molecule has 0 aromatic heterocycles. The summed E-state index contributed by atoms with van der Waals surface area (Å²) in [5.74, 6) is -0.705. The van der Waals surface area contributed by atoms with E-state index >= 15 is 0 Å². The summed E-state index contributed by atoms with van der Waals surface area (Å²) in [5, 5.41) is 13.2. The summed E-state index contributed by atoms with van der Waals surface area (Å²) in [7, 11) is 0. The first kappa shape index (κ1) is 28.3. The molecule has 0 bridgehead atoms. The SMILES string of the molecule is CC1(C)CC(NC(=S)NC(=O)c2ccccc2Cl)CC(C)(CNC(=S)NC(=O)c2ccccc2Cl)C1. The molecule has 1 saturated carbocycles. The van der Waals surface area contributed by atoms with Crippen molar-refractivity contribution in [3.8, 4) is 0 Å². The molecule has 2 atom stereocenters. The fraction of sp³-hybridized carbons (Fsp3) is 0.385. The zero-order valence-corrected chi connectivity index (χ0v) is 23.6. The molecule has 2 unspecified atom stereocenters. The molecule has 2 amide bonds. The van der Waals surface area contributed by atoms with Gasteiger partial charge in [-0.25, -0.2) is 0 Å². The van der Waals surface area contributed by atoms with Crippen molar-refractivity contribution < 1.29 is 9.59 Å². The van der Waals surface area contributed by atoms with Gasteiger partial charge in [-0.2, -0.15) is 0 Å². The van der Waals surface area contributed by atoms with Crippen LogP contribution in [-0.4, -0.2) is 34.6 Å². The summed E-state index contributed by atoms with van der Waals surface area (Å²) in [6.07, 6.45) is 2.63. The van der Waals surface area contributed by atoms with E-state index in [1.807, 2.05) is 0 Å². The van der Waals surface area contributed by atoms with Gasteiger partial charge in [-0.15, -0.1) is 0 Å². The third-order valence-corrected chi connectivity index (χ3v) is 7.27. The Morgan fingerprint density at radius 3 is 1.89 bits per heavy atom. The molecule has 4 N–H and O–H groups in total. The third-order valence-electron chi connectivity index (χ3n) is 6.15. The first-order valence-electron chi connectivity index (χ1n) is 11.6. The van der Waals surface area contributed by atoms with Gasteiger partial charge in [-0.3, -0.25) is 20.2 Å². The second-order valence-corrected chi connectivity index (χ2v) is 11.9. The third kappa shape index (κ3) is 7.87. The first-order chi connectivity index (χ1) is 16.9. The van der Waals surface area contributed by atoms with Crippen molar-refractivity contribution in [2.45, 2.75) is 46.1 Å². The van der Waals surface area contributed by atoms with Crippen LogP contribution in [0.25, 0.3) is 0 Å². The lowest BCUT2D eigenvalue weighted by Crippen LogP contribution is -2.53. The number of hydrogen-bond acceptors (Lipinski definition) is 4. The van der Waals surface area contributed by atoms with Crippen LogP contribution in [0, 0.1) is 10.8 Å². The van der Waals surface area contributed by atoms with E-state index in [1.54, 1.807) is 48.5 Å². The van der Waals surface area contributed by atoms with E-state index < -0.39 is 0 Å². The second kappa shape index (κ2) is 11.9. The van der Waals surface area contributed by atoms with Crippen molar-refractivity contribution >= 4 is 69.7 Å². The molecule has 6 nitrogen and oxygen atoms in total. The van der Waals surface area contributed by atoms with E-state index in [4.69, 9.17) is 47.6 Å². The van der Waals surface area contributed by atoms with Crippen LogP contribution in [0.2, 0.25) is 10.0 Å². The minimum Gasteiger partial charge on any atom is -0.362 e. The molecule has 3 rings (SSSR count). The largest absolute Gasteiger partial charge is 0.362 e. The molecular formula is C26H30Cl2N4O2S2. The van der Waals surface area contributed by atoms with Crippen molar-refractivity contribution in [1.29, 1.82) is 0 Å². The zero-order chi connectivity index (χ0) is 26.5. The van der Waals surface area contributed by atoms with Crippen molar-refractivity contribution in [3.05, 3.63) is 69.7 Å². The number of amides is 2. The van der Waals surface area contributed by atoms with Crippen LogP contribution in [-0.2, 0) is 0 Å². The van der Waals surface area contributed by atoms with E-state index in [9.17, 15) is 9.59 Å². The van der Waals surface area contributed by atoms with Gasteiger partial charge in [0, 0.05) is 12.6 Å². The van der Waals surface area contributed by atoms with E-state index in [1.165, 1.54) is 0 Å². The molecule has 1 aliphatic carbocycles. The highest BCUT2D eigenvalue weighted by Crippen LogP contribution is 2.45. The molecule has 0 aliphatic heterocycles. The van der Waals surface area contributed by atoms with E-state index in [0.717, 1.165) is 19.3 Å². The Bertz CT molecular complexity index is 1170. The minimum absolute atomic E-state index is 0.0249. The van der Waals surface area contributed by atoms with Crippen molar-refractivity contribution in [3.63, 3.8) is 0 Å². The number of carbonyl (C=O) groups is 2. The molecule has 192 valence electrons. The van der Waals surface area contributed by atoms with Crippen LogP contribution < -0.4 is 21.3 Å². The molecular weight excluding hydrogens is 535 g/mol. The molecule has 0 radical (unpaired) electrons. The minimum atomic E-state index is -0.355. The maximum Gasteiger partial charge on any atom is 0.258 e. The number of carbonyl (C=O) groups excluding carboxylic acids is 2. The average molecular weight is 566 g/mol. The van der Waals surface area contributed by atoms with Gasteiger partial charge in [0.15, 0.2) is 10.2 Å². The summed E-state index contributed by atoms with van der Waals surface area (Å²) in [6, 6.07) is 13.7. The number of thiocarbonyl (C=S) groups is 2. The monoisotopic (exact) mass is 564 g/mol. The molecule has 0 heterocycles.